The standard InChI is InChI=1S/C12H22N2O/c1-6-11(7-2)12(8-3,14-11)13-10(15)9(4)5/h14H,4,6-8H2,1-3,5H3,(H,13,15). The summed E-state index contributed by atoms with van der Waals surface area (Å²) in [5.74, 6) is -0.0480. The smallest absolute Gasteiger partial charge is 0.247 e. The first-order chi connectivity index (χ1) is 6.97. The lowest BCUT2D eigenvalue weighted by atomic mass is 9.92. The zero-order valence-electron chi connectivity index (χ0n) is 10.2. The van der Waals surface area contributed by atoms with Gasteiger partial charge in [-0.05, 0) is 26.2 Å². The van der Waals surface area contributed by atoms with Gasteiger partial charge in [0.05, 0.1) is 5.54 Å². The third kappa shape index (κ3) is 1.81. The summed E-state index contributed by atoms with van der Waals surface area (Å²) in [6, 6.07) is 0. The molecule has 1 saturated heterocycles. The summed E-state index contributed by atoms with van der Waals surface area (Å²) >= 11 is 0. The van der Waals surface area contributed by atoms with E-state index < -0.39 is 0 Å². The Morgan fingerprint density at radius 3 is 2.07 bits per heavy atom. The highest BCUT2D eigenvalue weighted by molar-refractivity contribution is 5.93. The van der Waals surface area contributed by atoms with Crippen molar-refractivity contribution >= 4 is 5.91 Å². The molecule has 86 valence electrons. The predicted octanol–water partition coefficient (Wildman–Crippen LogP) is 1.95. The van der Waals surface area contributed by atoms with Crippen molar-refractivity contribution in [2.45, 2.75) is 58.2 Å². The zero-order chi connectivity index (χ0) is 11.7. The maximum absolute atomic E-state index is 11.6. The van der Waals surface area contributed by atoms with Gasteiger partial charge in [-0.25, -0.2) is 0 Å². The van der Waals surface area contributed by atoms with E-state index in [9.17, 15) is 4.79 Å². The van der Waals surface area contributed by atoms with Crippen molar-refractivity contribution in [3.05, 3.63) is 12.2 Å². The normalized spacial score (nSPS) is 27.2. The molecule has 0 aromatic heterocycles. The van der Waals surface area contributed by atoms with Crippen LogP contribution >= 0.6 is 0 Å². The summed E-state index contributed by atoms with van der Waals surface area (Å²) in [4.78, 5) is 11.6. The van der Waals surface area contributed by atoms with Crippen LogP contribution in [0, 0.1) is 0 Å². The van der Waals surface area contributed by atoms with E-state index in [1.54, 1.807) is 6.92 Å². The Bertz CT molecular complexity index is 281. The van der Waals surface area contributed by atoms with E-state index in [1.165, 1.54) is 0 Å². The molecule has 1 fully saturated rings. The minimum atomic E-state index is -0.202. The Morgan fingerprint density at radius 1 is 1.27 bits per heavy atom. The molecule has 1 unspecified atom stereocenters. The van der Waals surface area contributed by atoms with Gasteiger partial charge in [-0.15, -0.1) is 0 Å². The van der Waals surface area contributed by atoms with Gasteiger partial charge in [0.1, 0.15) is 5.66 Å². The van der Waals surface area contributed by atoms with Crippen molar-refractivity contribution in [3.63, 3.8) is 0 Å². The van der Waals surface area contributed by atoms with Crippen LogP contribution in [0.5, 0.6) is 0 Å². The van der Waals surface area contributed by atoms with E-state index in [-0.39, 0.29) is 17.1 Å². The molecule has 0 spiro atoms. The van der Waals surface area contributed by atoms with Gasteiger partial charge in [0.25, 0.3) is 0 Å². The zero-order valence-corrected chi connectivity index (χ0v) is 10.2. The summed E-state index contributed by atoms with van der Waals surface area (Å²) in [5.41, 5.74) is 0.456. The summed E-state index contributed by atoms with van der Waals surface area (Å²) < 4.78 is 0. The average molecular weight is 210 g/mol. The molecule has 0 aromatic carbocycles. The first-order valence-electron chi connectivity index (χ1n) is 5.74. The number of amides is 1. The minimum Gasteiger partial charge on any atom is -0.333 e. The average Bonchev–Trinajstić information content (AvgIpc) is 2.87. The van der Waals surface area contributed by atoms with E-state index in [1.807, 2.05) is 0 Å². The molecule has 1 amide bonds. The number of carbonyl (C=O) groups excluding carboxylic acids is 1. The van der Waals surface area contributed by atoms with Crippen LogP contribution in [-0.4, -0.2) is 17.1 Å². The topological polar surface area (TPSA) is 51.0 Å². The van der Waals surface area contributed by atoms with E-state index >= 15 is 0 Å². The summed E-state index contributed by atoms with van der Waals surface area (Å²) in [5, 5.41) is 6.52. The quantitative estimate of drug-likeness (QED) is 0.538. The molecule has 3 nitrogen and oxygen atoms in total. The van der Waals surface area contributed by atoms with Crippen LogP contribution in [0.4, 0.5) is 0 Å². The highest BCUT2D eigenvalue weighted by Gasteiger charge is 2.64. The fourth-order valence-electron chi connectivity index (χ4n) is 2.37. The summed E-state index contributed by atoms with van der Waals surface area (Å²) in [6.07, 6.45) is 2.98. The molecule has 1 aliphatic rings. The van der Waals surface area contributed by atoms with Crippen molar-refractivity contribution < 1.29 is 4.79 Å². The van der Waals surface area contributed by atoms with Gasteiger partial charge in [0.15, 0.2) is 0 Å². The molecular weight excluding hydrogens is 188 g/mol. The minimum absolute atomic E-state index is 0.0480. The van der Waals surface area contributed by atoms with Gasteiger partial charge in [-0.1, -0.05) is 27.4 Å². The molecule has 15 heavy (non-hydrogen) atoms. The lowest BCUT2D eigenvalue weighted by Crippen LogP contribution is -2.44. The molecule has 0 saturated carbocycles. The largest absolute Gasteiger partial charge is 0.333 e. The fourth-order valence-corrected chi connectivity index (χ4v) is 2.37. The van der Waals surface area contributed by atoms with Crippen molar-refractivity contribution in [1.82, 2.24) is 10.6 Å². The van der Waals surface area contributed by atoms with Crippen molar-refractivity contribution in [2.24, 2.45) is 0 Å². The number of hydrogen-bond acceptors (Lipinski definition) is 2. The Morgan fingerprint density at radius 2 is 1.80 bits per heavy atom. The van der Waals surface area contributed by atoms with Crippen molar-refractivity contribution in [1.29, 1.82) is 0 Å². The third-order valence-corrected chi connectivity index (χ3v) is 3.66. The summed E-state index contributed by atoms with van der Waals surface area (Å²) in [7, 11) is 0. The lowest BCUT2D eigenvalue weighted by molar-refractivity contribution is -0.118. The number of carbonyl (C=O) groups is 1. The van der Waals surface area contributed by atoms with E-state index in [0.717, 1.165) is 19.3 Å². The van der Waals surface area contributed by atoms with Gasteiger partial charge >= 0.3 is 0 Å². The Hall–Kier alpha value is -0.830. The molecule has 0 radical (unpaired) electrons. The second-order valence-electron chi connectivity index (χ2n) is 4.41. The lowest BCUT2D eigenvalue weighted by Gasteiger charge is -2.21. The van der Waals surface area contributed by atoms with Crippen LogP contribution in [0.15, 0.2) is 12.2 Å². The van der Waals surface area contributed by atoms with Crippen LogP contribution in [0.1, 0.15) is 47.0 Å². The molecule has 1 rings (SSSR count). The first-order valence-corrected chi connectivity index (χ1v) is 5.74. The van der Waals surface area contributed by atoms with Crippen molar-refractivity contribution in [3.8, 4) is 0 Å². The Balaban J connectivity index is 2.75. The van der Waals surface area contributed by atoms with Gasteiger partial charge in [0.2, 0.25) is 5.91 Å². The number of rotatable bonds is 5. The molecule has 0 bridgehead atoms. The van der Waals surface area contributed by atoms with Crippen LogP contribution in [0.3, 0.4) is 0 Å². The first kappa shape index (κ1) is 12.2. The summed E-state index contributed by atoms with van der Waals surface area (Å²) in [6.45, 7) is 11.8. The highest BCUT2D eigenvalue weighted by atomic mass is 16.2. The molecule has 0 aliphatic carbocycles. The molecule has 1 atom stereocenters. The van der Waals surface area contributed by atoms with E-state index in [4.69, 9.17) is 0 Å². The second-order valence-corrected chi connectivity index (χ2v) is 4.41. The van der Waals surface area contributed by atoms with Crippen LogP contribution < -0.4 is 10.6 Å². The Kier molecular flexibility index (Phi) is 3.24. The van der Waals surface area contributed by atoms with Crippen LogP contribution in [0.2, 0.25) is 0 Å². The molecule has 1 aliphatic heterocycles. The van der Waals surface area contributed by atoms with E-state index in [0.29, 0.717) is 5.57 Å². The SMILES string of the molecule is C=C(C)C(=O)NC1(CC)NC1(CC)CC. The van der Waals surface area contributed by atoms with E-state index in [2.05, 4.69) is 38.0 Å². The number of nitrogens with one attached hydrogen (secondary N) is 2. The second kappa shape index (κ2) is 3.97. The number of hydrogen-bond donors (Lipinski definition) is 2. The maximum atomic E-state index is 11.6. The van der Waals surface area contributed by atoms with Gasteiger partial charge in [-0.3, -0.25) is 10.1 Å². The van der Waals surface area contributed by atoms with Gasteiger partial charge < -0.3 is 5.32 Å². The third-order valence-electron chi connectivity index (χ3n) is 3.66. The van der Waals surface area contributed by atoms with Crippen LogP contribution in [-0.2, 0) is 4.79 Å². The molecule has 1 heterocycles. The van der Waals surface area contributed by atoms with Gasteiger partial charge in [-0.2, -0.15) is 0 Å². The van der Waals surface area contributed by atoms with Gasteiger partial charge in [0, 0.05) is 5.57 Å². The molecule has 2 N–H and O–H groups in total. The molecule has 3 heteroatoms. The predicted molar refractivity (Wildman–Crippen MR) is 62.4 cm³/mol. The van der Waals surface area contributed by atoms with Crippen LogP contribution in [0.25, 0.3) is 0 Å². The maximum Gasteiger partial charge on any atom is 0.247 e. The monoisotopic (exact) mass is 210 g/mol. The Labute approximate surface area is 92.3 Å². The fraction of sp³-hybridized carbons (Fsp3) is 0.750. The molecule has 0 aromatic rings. The molecular formula is C12H22N2O. The van der Waals surface area contributed by atoms with Crippen molar-refractivity contribution in [2.75, 3.05) is 0 Å². The highest BCUT2D eigenvalue weighted by Crippen LogP contribution is 2.44.